The molecule has 0 bridgehead atoms. The van der Waals surface area contributed by atoms with Crippen molar-refractivity contribution in [3.63, 3.8) is 0 Å². The van der Waals surface area contributed by atoms with Crippen LogP contribution in [0.5, 0.6) is 0 Å². The van der Waals surface area contributed by atoms with E-state index < -0.39 is 0 Å². The van der Waals surface area contributed by atoms with Crippen molar-refractivity contribution < 1.29 is 4.79 Å². The van der Waals surface area contributed by atoms with Crippen molar-refractivity contribution >= 4 is 33.3 Å². The predicted molar refractivity (Wildman–Crippen MR) is 98.3 cm³/mol. The highest BCUT2D eigenvalue weighted by Gasteiger charge is 2.25. The Hall–Kier alpha value is -2.48. The van der Waals surface area contributed by atoms with Crippen LogP contribution in [0.2, 0.25) is 0 Å². The molecule has 3 aromatic rings. The standard InChI is InChI=1S/C17H20N6OS/c1-11-8-13-15(19-10-20-17(13)25-11)22-6-3-4-12(9-22)23-7-5-14(21-23)16(24)18-2/h5,7-8,10,12H,3-4,6,9H2,1-2H3,(H,18,24). The Bertz CT molecular complexity index is 917. The first kappa shape index (κ1) is 16.0. The minimum absolute atomic E-state index is 0.155. The average molecular weight is 356 g/mol. The molecular weight excluding hydrogens is 336 g/mol. The van der Waals surface area contributed by atoms with E-state index >= 15 is 0 Å². The third kappa shape index (κ3) is 2.97. The number of aromatic nitrogens is 4. The summed E-state index contributed by atoms with van der Waals surface area (Å²) in [6.45, 7) is 3.90. The molecular formula is C17H20N6OS. The number of hydrogen-bond acceptors (Lipinski definition) is 6. The number of nitrogens with zero attached hydrogens (tertiary/aromatic N) is 5. The molecule has 3 aromatic heterocycles. The fraction of sp³-hybridized carbons (Fsp3) is 0.412. The third-order valence-corrected chi connectivity index (χ3v) is 5.53. The normalized spacial score (nSPS) is 17.8. The van der Waals surface area contributed by atoms with E-state index in [1.54, 1.807) is 30.8 Å². The largest absolute Gasteiger partial charge is 0.354 e. The molecule has 8 heteroatoms. The third-order valence-electron chi connectivity index (χ3n) is 4.57. The van der Waals surface area contributed by atoms with Crippen LogP contribution in [0.4, 0.5) is 5.82 Å². The molecule has 1 amide bonds. The molecule has 1 aliphatic rings. The van der Waals surface area contributed by atoms with E-state index in [0.29, 0.717) is 5.69 Å². The van der Waals surface area contributed by atoms with Gasteiger partial charge < -0.3 is 10.2 Å². The Morgan fingerprint density at radius 2 is 2.28 bits per heavy atom. The maximum absolute atomic E-state index is 11.7. The van der Waals surface area contributed by atoms with Crippen LogP contribution >= 0.6 is 11.3 Å². The number of carbonyl (C=O) groups is 1. The summed E-state index contributed by atoms with van der Waals surface area (Å²) in [5.74, 6) is 0.843. The van der Waals surface area contributed by atoms with Crippen molar-refractivity contribution in [3.8, 4) is 0 Å². The molecule has 1 N–H and O–H groups in total. The number of hydrogen-bond donors (Lipinski definition) is 1. The second kappa shape index (κ2) is 6.44. The van der Waals surface area contributed by atoms with Crippen LogP contribution in [-0.2, 0) is 0 Å². The lowest BCUT2D eigenvalue weighted by Crippen LogP contribution is -2.37. The van der Waals surface area contributed by atoms with Gasteiger partial charge in [-0.05, 0) is 31.9 Å². The van der Waals surface area contributed by atoms with Crippen LogP contribution in [0.25, 0.3) is 10.2 Å². The molecule has 1 atom stereocenters. The van der Waals surface area contributed by atoms with Gasteiger partial charge in [-0.1, -0.05) is 0 Å². The molecule has 0 aliphatic carbocycles. The monoisotopic (exact) mass is 356 g/mol. The van der Waals surface area contributed by atoms with Gasteiger partial charge in [-0.2, -0.15) is 5.10 Å². The predicted octanol–water partition coefficient (Wildman–Crippen LogP) is 2.40. The smallest absolute Gasteiger partial charge is 0.271 e. The van der Waals surface area contributed by atoms with Gasteiger partial charge in [0.05, 0.1) is 11.4 Å². The van der Waals surface area contributed by atoms with Crippen molar-refractivity contribution in [3.05, 3.63) is 35.2 Å². The minimum atomic E-state index is -0.155. The lowest BCUT2D eigenvalue weighted by atomic mass is 10.1. The first-order chi connectivity index (χ1) is 12.2. The quantitative estimate of drug-likeness (QED) is 0.780. The van der Waals surface area contributed by atoms with Gasteiger partial charge in [-0.3, -0.25) is 9.48 Å². The summed E-state index contributed by atoms with van der Waals surface area (Å²) >= 11 is 1.70. The van der Waals surface area contributed by atoms with Crippen molar-refractivity contribution in [2.45, 2.75) is 25.8 Å². The second-order valence-electron chi connectivity index (χ2n) is 6.28. The molecule has 1 fully saturated rings. The first-order valence-corrected chi connectivity index (χ1v) is 9.20. The van der Waals surface area contributed by atoms with Gasteiger partial charge in [0.1, 0.15) is 22.7 Å². The maximum Gasteiger partial charge on any atom is 0.271 e. The maximum atomic E-state index is 11.7. The van der Waals surface area contributed by atoms with Gasteiger partial charge in [0.15, 0.2) is 0 Å². The van der Waals surface area contributed by atoms with Crippen LogP contribution in [0.15, 0.2) is 24.7 Å². The van der Waals surface area contributed by atoms with Gasteiger partial charge in [-0.15, -0.1) is 11.3 Å². The first-order valence-electron chi connectivity index (χ1n) is 8.39. The summed E-state index contributed by atoms with van der Waals surface area (Å²) in [6, 6.07) is 4.16. The van der Waals surface area contributed by atoms with Crippen LogP contribution in [-0.4, -0.2) is 45.8 Å². The Morgan fingerprint density at radius 1 is 1.40 bits per heavy atom. The lowest BCUT2D eigenvalue weighted by molar-refractivity contribution is 0.0957. The van der Waals surface area contributed by atoms with Crippen LogP contribution in [0.3, 0.4) is 0 Å². The van der Waals surface area contributed by atoms with Gasteiger partial charge in [-0.25, -0.2) is 9.97 Å². The topological polar surface area (TPSA) is 75.9 Å². The van der Waals surface area contributed by atoms with Gasteiger partial charge in [0.2, 0.25) is 0 Å². The number of nitrogens with one attached hydrogen (secondary N) is 1. The van der Waals surface area contributed by atoms with Crippen LogP contribution < -0.4 is 10.2 Å². The Kier molecular flexibility index (Phi) is 4.12. The number of thiophene rings is 1. The molecule has 1 unspecified atom stereocenters. The fourth-order valence-electron chi connectivity index (χ4n) is 3.37. The van der Waals surface area contributed by atoms with Crippen LogP contribution in [0, 0.1) is 6.92 Å². The van der Waals surface area contributed by atoms with E-state index in [4.69, 9.17) is 0 Å². The number of carbonyl (C=O) groups excluding carboxylic acids is 1. The highest BCUT2D eigenvalue weighted by molar-refractivity contribution is 7.18. The summed E-state index contributed by atoms with van der Waals surface area (Å²) in [5, 5.41) is 8.18. The number of fused-ring (bicyclic) bond motifs is 1. The van der Waals surface area contributed by atoms with E-state index in [0.717, 1.165) is 42.0 Å². The molecule has 1 aliphatic heterocycles. The van der Waals surface area contributed by atoms with Crippen molar-refractivity contribution in [2.75, 3.05) is 25.0 Å². The van der Waals surface area contributed by atoms with Gasteiger partial charge >= 0.3 is 0 Å². The molecule has 0 saturated carbocycles. The van der Waals surface area contributed by atoms with Crippen molar-refractivity contribution in [1.29, 1.82) is 0 Å². The second-order valence-corrected chi connectivity index (χ2v) is 7.51. The molecule has 4 heterocycles. The number of anilines is 1. The van der Waals surface area contributed by atoms with E-state index in [2.05, 4.69) is 38.3 Å². The molecule has 25 heavy (non-hydrogen) atoms. The summed E-state index contributed by atoms with van der Waals surface area (Å²) in [7, 11) is 1.62. The molecule has 4 rings (SSSR count). The Morgan fingerprint density at radius 3 is 3.12 bits per heavy atom. The molecule has 130 valence electrons. The van der Waals surface area contributed by atoms with E-state index in [1.165, 1.54) is 4.88 Å². The number of rotatable bonds is 3. The Balaban J connectivity index is 1.60. The number of piperidine rings is 1. The highest BCUT2D eigenvalue weighted by Crippen LogP contribution is 2.32. The summed E-state index contributed by atoms with van der Waals surface area (Å²) in [4.78, 5) is 25.3. The van der Waals surface area contributed by atoms with Gasteiger partial charge in [0.25, 0.3) is 5.91 Å². The zero-order valence-corrected chi connectivity index (χ0v) is 15.1. The molecule has 0 aromatic carbocycles. The highest BCUT2D eigenvalue weighted by atomic mass is 32.1. The summed E-state index contributed by atoms with van der Waals surface area (Å²) in [5.41, 5.74) is 0.456. The lowest BCUT2D eigenvalue weighted by Gasteiger charge is -2.33. The Labute approximate surface area is 149 Å². The number of aryl methyl sites for hydroxylation is 1. The van der Waals surface area contributed by atoms with E-state index in [9.17, 15) is 4.79 Å². The van der Waals surface area contributed by atoms with Crippen molar-refractivity contribution in [2.24, 2.45) is 0 Å². The van der Waals surface area contributed by atoms with E-state index in [-0.39, 0.29) is 11.9 Å². The molecule has 0 spiro atoms. The number of amides is 1. The summed E-state index contributed by atoms with van der Waals surface area (Å²) in [6.07, 6.45) is 5.65. The molecule has 7 nitrogen and oxygen atoms in total. The van der Waals surface area contributed by atoms with Crippen molar-refractivity contribution in [1.82, 2.24) is 25.1 Å². The zero-order chi connectivity index (χ0) is 17.4. The van der Waals surface area contributed by atoms with Gasteiger partial charge in [0, 0.05) is 31.2 Å². The summed E-state index contributed by atoms with van der Waals surface area (Å²) < 4.78 is 1.91. The molecule has 1 saturated heterocycles. The minimum Gasteiger partial charge on any atom is -0.354 e. The molecule has 0 radical (unpaired) electrons. The fourth-order valence-corrected chi connectivity index (χ4v) is 4.21. The van der Waals surface area contributed by atoms with E-state index in [1.807, 2.05) is 10.9 Å². The van der Waals surface area contributed by atoms with Crippen LogP contribution in [0.1, 0.15) is 34.2 Å². The zero-order valence-electron chi connectivity index (χ0n) is 14.3. The SMILES string of the molecule is CNC(=O)c1ccn(C2CCCN(c3ncnc4sc(C)cc34)C2)n1. The average Bonchev–Trinajstić information content (AvgIpc) is 3.26.